The number of anilines is 1. The second-order valence-electron chi connectivity index (χ2n) is 5.16. The fourth-order valence-corrected chi connectivity index (χ4v) is 3.06. The third-order valence-corrected chi connectivity index (χ3v) is 4.04. The molecule has 2 unspecified atom stereocenters. The quantitative estimate of drug-likeness (QED) is 0.851. The van der Waals surface area contributed by atoms with Gasteiger partial charge in [0.2, 0.25) is 5.91 Å². The molecule has 0 radical (unpaired) electrons. The molecular formula is C14H16N2O3. The van der Waals surface area contributed by atoms with E-state index in [4.69, 9.17) is 0 Å². The van der Waals surface area contributed by atoms with E-state index >= 15 is 0 Å². The molecular weight excluding hydrogens is 244 g/mol. The largest absolute Gasteiger partial charge is 0.480 e. The Bertz CT molecular complexity index is 543. The van der Waals surface area contributed by atoms with E-state index in [1.54, 1.807) is 16.8 Å². The van der Waals surface area contributed by atoms with Crippen LogP contribution in [0.3, 0.4) is 0 Å². The van der Waals surface area contributed by atoms with E-state index in [0.29, 0.717) is 19.4 Å². The number of amides is 1. The Morgan fingerprint density at radius 2 is 2.11 bits per heavy atom. The number of likely N-dealkylation sites (tertiary alicyclic amines) is 1. The molecule has 0 bridgehead atoms. The van der Waals surface area contributed by atoms with E-state index < -0.39 is 12.0 Å². The molecule has 1 amide bonds. The molecule has 0 aliphatic carbocycles. The summed E-state index contributed by atoms with van der Waals surface area (Å²) in [7, 11) is 1.76. The monoisotopic (exact) mass is 260 g/mol. The maximum absolute atomic E-state index is 12.2. The minimum absolute atomic E-state index is 0.0166. The number of aliphatic carboxylic acids is 1. The predicted molar refractivity (Wildman–Crippen MR) is 70.1 cm³/mol. The maximum atomic E-state index is 12.2. The van der Waals surface area contributed by atoms with Crippen molar-refractivity contribution in [1.82, 2.24) is 4.90 Å². The smallest absolute Gasteiger partial charge is 0.326 e. The second kappa shape index (κ2) is 4.26. The third kappa shape index (κ3) is 1.77. The van der Waals surface area contributed by atoms with Crippen molar-refractivity contribution in [2.75, 3.05) is 18.5 Å². The van der Waals surface area contributed by atoms with Crippen LogP contribution in [0.1, 0.15) is 12.0 Å². The van der Waals surface area contributed by atoms with E-state index in [1.165, 1.54) is 0 Å². The fraction of sp³-hybridized carbons (Fsp3) is 0.429. The van der Waals surface area contributed by atoms with Crippen molar-refractivity contribution in [3.63, 3.8) is 0 Å². The molecule has 5 nitrogen and oxygen atoms in total. The molecule has 1 aromatic carbocycles. The van der Waals surface area contributed by atoms with Gasteiger partial charge >= 0.3 is 5.97 Å². The van der Waals surface area contributed by atoms with Crippen LogP contribution < -0.4 is 4.90 Å². The zero-order valence-corrected chi connectivity index (χ0v) is 10.7. The minimum Gasteiger partial charge on any atom is -0.480 e. The Kier molecular flexibility index (Phi) is 2.69. The van der Waals surface area contributed by atoms with Crippen molar-refractivity contribution in [3.8, 4) is 0 Å². The van der Waals surface area contributed by atoms with Crippen molar-refractivity contribution < 1.29 is 14.7 Å². The molecule has 1 saturated heterocycles. The number of likely N-dealkylation sites (N-methyl/N-ethyl adjacent to an activating group) is 1. The van der Waals surface area contributed by atoms with Gasteiger partial charge < -0.3 is 14.9 Å². The Labute approximate surface area is 111 Å². The summed E-state index contributed by atoms with van der Waals surface area (Å²) < 4.78 is 0. The standard InChI is InChI=1S/C14H16N2O3/c1-15-7-6-11(13(15)17)16-10-5-3-2-4-9(10)8-12(16)14(18)19/h2-5,11-12H,6-8H2,1H3,(H,18,19). The van der Waals surface area contributed by atoms with Gasteiger partial charge in [0.25, 0.3) is 0 Å². The van der Waals surface area contributed by atoms with E-state index in [2.05, 4.69) is 0 Å². The van der Waals surface area contributed by atoms with Crippen molar-refractivity contribution in [1.29, 1.82) is 0 Å². The van der Waals surface area contributed by atoms with Gasteiger partial charge in [0.1, 0.15) is 12.1 Å². The first kappa shape index (κ1) is 12.0. The lowest BCUT2D eigenvalue weighted by atomic mass is 10.1. The number of hydrogen-bond acceptors (Lipinski definition) is 3. The van der Waals surface area contributed by atoms with Crippen LogP contribution in [0.25, 0.3) is 0 Å². The summed E-state index contributed by atoms with van der Waals surface area (Å²) >= 11 is 0. The average molecular weight is 260 g/mol. The van der Waals surface area contributed by atoms with E-state index in [9.17, 15) is 14.7 Å². The van der Waals surface area contributed by atoms with Gasteiger partial charge in [-0.25, -0.2) is 4.79 Å². The molecule has 2 aliphatic heterocycles. The van der Waals surface area contributed by atoms with E-state index in [-0.39, 0.29) is 11.9 Å². The molecule has 0 aromatic heterocycles. The molecule has 3 rings (SSSR count). The molecule has 1 N–H and O–H groups in total. The number of rotatable bonds is 2. The summed E-state index contributed by atoms with van der Waals surface area (Å²) in [5, 5.41) is 9.40. The van der Waals surface area contributed by atoms with Gasteiger partial charge in [0, 0.05) is 25.7 Å². The molecule has 2 aliphatic rings. The van der Waals surface area contributed by atoms with Crippen molar-refractivity contribution >= 4 is 17.6 Å². The highest BCUT2D eigenvalue weighted by atomic mass is 16.4. The van der Waals surface area contributed by atoms with Gasteiger partial charge in [-0.3, -0.25) is 4.79 Å². The normalized spacial score (nSPS) is 25.8. The summed E-state index contributed by atoms with van der Waals surface area (Å²) in [5.74, 6) is -0.846. The van der Waals surface area contributed by atoms with Crippen LogP contribution in [0, 0.1) is 0 Å². The van der Waals surface area contributed by atoms with Crippen LogP contribution in [0.15, 0.2) is 24.3 Å². The molecule has 1 fully saturated rings. The summed E-state index contributed by atoms with van der Waals surface area (Å²) in [4.78, 5) is 27.1. The van der Waals surface area contributed by atoms with Crippen LogP contribution in [0.5, 0.6) is 0 Å². The first-order valence-corrected chi connectivity index (χ1v) is 6.43. The first-order chi connectivity index (χ1) is 9.09. The van der Waals surface area contributed by atoms with Crippen LogP contribution in [-0.2, 0) is 16.0 Å². The summed E-state index contributed by atoms with van der Waals surface area (Å²) in [5.41, 5.74) is 1.90. The van der Waals surface area contributed by atoms with Gasteiger partial charge in [-0.1, -0.05) is 18.2 Å². The van der Waals surface area contributed by atoms with Crippen molar-refractivity contribution in [3.05, 3.63) is 29.8 Å². The summed E-state index contributed by atoms with van der Waals surface area (Å²) in [6.07, 6.45) is 1.16. The van der Waals surface area contributed by atoms with Crippen LogP contribution in [0.2, 0.25) is 0 Å². The highest BCUT2D eigenvalue weighted by Crippen LogP contribution is 2.36. The number of fused-ring (bicyclic) bond motifs is 1. The maximum Gasteiger partial charge on any atom is 0.326 e. The highest BCUT2D eigenvalue weighted by Gasteiger charge is 2.44. The van der Waals surface area contributed by atoms with Crippen molar-refractivity contribution in [2.45, 2.75) is 24.9 Å². The van der Waals surface area contributed by atoms with Gasteiger partial charge in [-0.15, -0.1) is 0 Å². The molecule has 2 heterocycles. The summed E-state index contributed by atoms with van der Waals surface area (Å²) in [6.45, 7) is 0.689. The van der Waals surface area contributed by atoms with Crippen LogP contribution in [0.4, 0.5) is 5.69 Å². The van der Waals surface area contributed by atoms with Gasteiger partial charge in [-0.2, -0.15) is 0 Å². The first-order valence-electron chi connectivity index (χ1n) is 6.43. The lowest BCUT2D eigenvalue weighted by Gasteiger charge is -2.29. The summed E-state index contributed by atoms with van der Waals surface area (Å²) in [6, 6.07) is 6.68. The van der Waals surface area contributed by atoms with Crippen molar-refractivity contribution in [2.24, 2.45) is 0 Å². The molecule has 5 heteroatoms. The second-order valence-corrected chi connectivity index (χ2v) is 5.16. The molecule has 0 saturated carbocycles. The Hall–Kier alpha value is -2.04. The number of para-hydroxylation sites is 1. The van der Waals surface area contributed by atoms with Gasteiger partial charge in [-0.05, 0) is 18.1 Å². The lowest BCUT2D eigenvalue weighted by Crippen LogP contribution is -2.48. The van der Waals surface area contributed by atoms with Crippen LogP contribution in [-0.4, -0.2) is 47.6 Å². The number of hydrogen-bond donors (Lipinski definition) is 1. The number of nitrogens with zero attached hydrogens (tertiary/aromatic N) is 2. The fourth-order valence-electron chi connectivity index (χ4n) is 3.06. The SMILES string of the molecule is CN1CCC(N2c3ccccc3CC2C(=O)O)C1=O. The Balaban J connectivity index is 2.01. The number of carboxylic acid groups (broad SMARTS) is 1. The minimum atomic E-state index is -0.862. The predicted octanol–water partition coefficient (Wildman–Crippen LogP) is 0.733. The lowest BCUT2D eigenvalue weighted by molar-refractivity contribution is -0.138. The third-order valence-electron chi connectivity index (χ3n) is 4.04. The molecule has 1 aromatic rings. The average Bonchev–Trinajstić information content (AvgIpc) is 2.92. The number of carbonyl (C=O) groups is 2. The number of carboxylic acids is 1. The van der Waals surface area contributed by atoms with E-state index in [0.717, 1.165) is 11.3 Å². The zero-order valence-electron chi connectivity index (χ0n) is 10.7. The van der Waals surface area contributed by atoms with Gasteiger partial charge in [0.05, 0.1) is 0 Å². The molecule has 19 heavy (non-hydrogen) atoms. The topological polar surface area (TPSA) is 60.9 Å². The Morgan fingerprint density at radius 3 is 2.74 bits per heavy atom. The van der Waals surface area contributed by atoms with Gasteiger partial charge in [0.15, 0.2) is 0 Å². The zero-order chi connectivity index (χ0) is 13.6. The van der Waals surface area contributed by atoms with Crippen LogP contribution >= 0.6 is 0 Å². The molecule has 100 valence electrons. The Morgan fingerprint density at radius 1 is 1.37 bits per heavy atom. The molecule has 2 atom stereocenters. The molecule has 0 spiro atoms. The van der Waals surface area contributed by atoms with E-state index in [1.807, 2.05) is 24.3 Å². The number of benzene rings is 1. The number of carbonyl (C=O) groups excluding carboxylic acids is 1. The highest BCUT2D eigenvalue weighted by molar-refractivity contribution is 5.92.